The molecular formula is C32H58. The van der Waals surface area contributed by atoms with Crippen LogP contribution in [0.3, 0.4) is 0 Å². The second-order valence-electron chi connectivity index (χ2n) is 9.92. The van der Waals surface area contributed by atoms with E-state index < -0.39 is 0 Å². The maximum Gasteiger partial charge on any atom is -0.0169 e. The Morgan fingerprint density at radius 2 is 0.812 bits per heavy atom. The fraction of sp³-hybridized carbons (Fsp3) is 0.750. The predicted molar refractivity (Wildman–Crippen MR) is 149 cm³/mol. The van der Waals surface area contributed by atoms with Crippen LogP contribution >= 0.6 is 0 Å². The van der Waals surface area contributed by atoms with Crippen LogP contribution in [0.4, 0.5) is 0 Å². The van der Waals surface area contributed by atoms with E-state index in [2.05, 4.69) is 76.3 Å². The highest BCUT2D eigenvalue weighted by molar-refractivity contribution is 4.94. The van der Waals surface area contributed by atoms with E-state index in [4.69, 9.17) is 0 Å². The van der Waals surface area contributed by atoms with Gasteiger partial charge in [0.25, 0.3) is 0 Å². The molecule has 0 saturated carbocycles. The molecule has 0 aliphatic rings. The Morgan fingerprint density at radius 3 is 1.19 bits per heavy atom. The van der Waals surface area contributed by atoms with E-state index in [1.54, 1.807) is 0 Å². The lowest BCUT2D eigenvalue weighted by molar-refractivity contribution is 0.341. The van der Waals surface area contributed by atoms with Crippen LogP contribution in [-0.2, 0) is 0 Å². The van der Waals surface area contributed by atoms with Crippen LogP contribution in [0.1, 0.15) is 143 Å². The molecule has 0 saturated heterocycles. The van der Waals surface area contributed by atoms with Gasteiger partial charge < -0.3 is 0 Å². The van der Waals surface area contributed by atoms with Gasteiger partial charge in [0.1, 0.15) is 0 Å². The van der Waals surface area contributed by atoms with E-state index in [1.165, 1.54) is 103 Å². The molecule has 0 heterocycles. The van der Waals surface area contributed by atoms with Gasteiger partial charge in [0.15, 0.2) is 0 Å². The molecule has 0 bridgehead atoms. The maximum atomic E-state index is 2.41. The minimum atomic E-state index is 0.789. The molecule has 0 N–H and O–H groups in total. The number of hydrogen-bond acceptors (Lipinski definition) is 0. The smallest absolute Gasteiger partial charge is 0.0169 e. The lowest BCUT2D eigenvalue weighted by atomic mass is 9.87. The summed E-state index contributed by atoms with van der Waals surface area (Å²) >= 11 is 0. The summed E-state index contributed by atoms with van der Waals surface area (Å²) in [4.78, 5) is 0. The number of rotatable bonds is 23. The number of hydrogen-bond donors (Lipinski definition) is 0. The van der Waals surface area contributed by atoms with Crippen molar-refractivity contribution < 1.29 is 0 Å². The van der Waals surface area contributed by atoms with Gasteiger partial charge >= 0.3 is 0 Å². The quantitative estimate of drug-likeness (QED) is 0.109. The highest BCUT2D eigenvalue weighted by Crippen LogP contribution is 2.23. The third-order valence-corrected chi connectivity index (χ3v) is 6.51. The average molecular weight is 443 g/mol. The highest BCUT2D eigenvalue weighted by atomic mass is 14.2. The number of allylic oxidation sites excluding steroid dienone is 8. The summed E-state index contributed by atoms with van der Waals surface area (Å²) in [7, 11) is 0. The van der Waals surface area contributed by atoms with Gasteiger partial charge in [0, 0.05) is 0 Å². The second-order valence-corrected chi connectivity index (χ2v) is 9.92. The van der Waals surface area contributed by atoms with Gasteiger partial charge in [-0.05, 0) is 76.0 Å². The van der Waals surface area contributed by atoms with Crippen LogP contribution in [0, 0.1) is 11.8 Å². The van der Waals surface area contributed by atoms with Gasteiger partial charge in [-0.15, -0.1) is 0 Å². The third-order valence-electron chi connectivity index (χ3n) is 6.51. The van der Waals surface area contributed by atoms with Crippen molar-refractivity contribution in [2.24, 2.45) is 11.8 Å². The van der Waals surface area contributed by atoms with E-state index in [0.29, 0.717) is 0 Å². The van der Waals surface area contributed by atoms with Crippen LogP contribution in [-0.4, -0.2) is 0 Å². The standard InChI is InChI=1S/C32H58/c1-5-7-9-11-13-15-17-19-21-23-25-27-29-32(31(3)4)30-28-26-24-22-20-18-16-14-12-10-8-6-2/h17-20,23-26,31-32H,5-16,21-22,27-30H2,1-4H3/b19-17+,20-18+,25-23+,26-24+. The summed E-state index contributed by atoms with van der Waals surface area (Å²) in [6.07, 6.45) is 42.7. The molecule has 0 fully saturated rings. The van der Waals surface area contributed by atoms with Crippen LogP contribution in [0.2, 0.25) is 0 Å². The van der Waals surface area contributed by atoms with Gasteiger partial charge in [-0.25, -0.2) is 0 Å². The molecule has 0 aliphatic carbocycles. The molecule has 0 spiro atoms. The Hall–Kier alpha value is -1.04. The summed E-state index contributed by atoms with van der Waals surface area (Å²) < 4.78 is 0. The molecule has 0 unspecified atom stereocenters. The largest absolute Gasteiger partial charge is 0.0882 e. The van der Waals surface area contributed by atoms with E-state index in [0.717, 1.165) is 24.7 Å². The summed E-state index contributed by atoms with van der Waals surface area (Å²) in [6, 6.07) is 0. The zero-order valence-electron chi connectivity index (χ0n) is 22.5. The van der Waals surface area contributed by atoms with Crippen LogP contribution < -0.4 is 0 Å². The fourth-order valence-corrected chi connectivity index (χ4v) is 4.18. The first-order valence-electron chi connectivity index (χ1n) is 14.3. The molecular weight excluding hydrogens is 384 g/mol. The maximum absolute atomic E-state index is 2.41. The molecule has 0 nitrogen and oxygen atoms in total. The second kappa shape index (κ2) is 26.2. The Kier molecular flexibility index (Phi) is 25.4. The zero-order chi connectivity index (χ0) is 23.5. The molecule has 0 amide bonds. The molecule has 0 atom stereocenters. The lowest BCUT2D eigenvalue weighted by Gasteiger charge is -2.19. The normalized spacial score (nSPS) is 12.8. The van der Waals surface area contributed by atoms with Gasteiger partial charge in [0.2, 0.25) is 0 Å². The average Bonchev–Trinajstić information content (AvgIpc) is 2.78. The molecule has 186 valence electrons. The molecule has 0 rings (SSSR count). The van der Waals surface area contributed by atoms with Crippen molar-refractivity contribution in [1.82, 2.24) is 0 Å². The van der Waals surface area contributed by atoms with Crippen molar-refractivity contribution in [3.05, 3.63) is 48.6 Å². The van der Waals surface area contributed by atoms with E-state index in [1.807, 2.05) is 0 Å². The third kappa shape index (κ3) is 23.6. The fourth-order valence-electron chi connectivity index (χ4n) is 4.18. The van der Waals surface area contributed by atoms with Crippen molar-refractivity contribution in [2.45, 2.75) is 143 Å². The topological polar surface area (TPSA) is 0 Å². The van der Waals surface area contributed by atoms with Crippen molar-refractivity contribution in [2.75, 3.05) is 0 Å². The molecule has 32 heavy (non-hydrogen) atoms. The molecule has 0 radical (unpaired) electrons. The lowest BCUT2D eigenvalue weighted by Crippen LogP contribution is -2.07. The van der Waals surface area contributed by atoms with Crippen molar-refractivity contribution in [3.63, 3.8) is 0 Å². The molecule has 0 heteroatoms. The summed E-state index contributed by atoms with van der Waals surface area (Å²) in [5.41, 5.74) is 0. The molecule has 0 aliphatic heterocycles. The highest BCUT2D eigenvalue weighted by Gasteiger charge is 2.11. The minimum absolute atomic E-state index is 0.789. The van der Waals surface area contributed by atoms with E-state index in [-0.39, 0.29) is 0 Å². The van der Waals surface area contributed by atoms with Crippen molar-refractivity contribution in [3.8, 4) is 0 Å². The van der Waals surface area contributed by atoms with Crippen molar-refractivity contribution in [1.29, 1.82) is 0 Å². The monoisotopic (exact) mass is 442 g/mol. The van der Waals surface area contributed by atoms with E-state index >= 15 is 0 Å². The first-order valence-corrected chi connectivity index (χ1v) is 14.3. The molecule has 0 aromatic rings. The van der Waals surface area contributed by atoms with Gasteiger partial charge in [-0.1, -0.05) is 128 Å². The molecule has 0 aromatic carbocycles. The number of unbranched alkanes of at least 4 members (excludes halogenated alkanes) is 10. The van der Waals surface area contributed by atoms with Crippen molar-refractivity contribution >= 4 is 0 Å². The first-order chi connectivity index (χ1) is 15.7. The summed E-state index contributed by atoms with van der Waals surface area (Å²) in [6.45, 7) is 9.35. The molecule has 0 aromatic heterocycles. The first kappa shape index (κ1) is 31.0. The minimum Gasteiger partial charge on any atom is -0.0882 e. The Labute approximate surface area is 203 Å². The SMILES string of the molecule is CCCCCCC/C=C/C/C=C/CCC(CC/C=C/C/C=C/CCCCCCC)C(C)C. The Bertz CT molecular complexity index is 422. The van der Waals surface area contributed by atoms with Crippen LogP contribution in [0.15, 0.2) is 48.6 Å². The Balaban J connectivity index is 3.74. The van der Waals surface area contributed by atoms with E-state index in [9.17, 15) is 0 Å². The van der Waals surface area contributed by atoms with Gasteiger partial charge in [-0.3, -0.25) is 0 Å². The van der Waals surface area contributed by atoms with Crippen LogP contribution in [0.5, 0.6) is 0 Å². The zero-order valence-corrected chi connectivity index (χ0v) is 22.5. The summed E-state index contributed by atoms with van der Waals surface area (Å²) in [5, 5.41) is 0. The van der Waals surface area contributed by atoms with Gasteiger partial charge in [-0.2, -0.15) is 0 Å². The van der Waals surface area contributed by atoms with Crippen LogP contribution in [0.25, 0.3) is 0 Å². The summed E-state index contributed by atoms with van der Waals surface area (Å²) in [5.74, 6) is 1.64. The van der Waals surface area contributed by atoms with Gasteiger partial charge in [0.05, 0.1) is 0 Å². The Morgan fingerprint density at radius 1 is 0.438 bits per heavy atom. The predicted octanol–water partition coefficient (Wildman–Crippen LogP) is 11.5.